The first-order chi connectivity index (χ1) is 13.2. The van der Waals surface area contributed by atoms with E-state index < -0.39 is 18.1 Å². The van der Waals surface area contributed by atoms with Crippen molar-refractivity contribution in [3.63, 3.8) is 0 Å². The fourth-order valence-electron chi connectivity index (χ4n) is 3.41. The van der Waals surface area contributed by atoms with Gasteiger partial charge in [0.05, 0.1) is 6.04 Å². The maximum absolute atomic E-state index is 13.1. The van der Waals surface area contributed by atoms with Crippen molar-refractivity contribution in [1.29, 1.82) is 0 Å². The lowest BCUT2D eigenvalue weighted by Gasteiger charge is -2.30. The molecular weight excluding hydrogens is 356 g/mol. The Bertz CT molecular complexity index is 717. The molecule has 1 aromatic carbocycles. The average Bonchev–Trinajstić information content (AvgIpc) is 3.13. The molecule has 3 amide bonds. The van der Waals surface area contributed by atoms with Crippen LogP contribution in [0.2, 0.25) is 0 Å². The molecule has 1 aliphatic rings. The summed E-state index contributed by atoms with van der Waals surface area (Å²) in [6.07, 6.45) is 1.39. The maximum Gasteiger partial charge on any atom is 0.246 e. The molecule has 0 spiro atoms. The molecule has 154 valence electrons. The molecule has 1 aromatic rings. The lowest BCUT2D eigenvalue weighted by Crippen LogP contribution is -2.56. The van der Waals surface area contributed by atoms with Crippen molar-refractivity contribution in [1.82, 2.24) is 15.5 Å². The third-order valence-electron chi connectivity index (χ3n) is 5.03. The van der Waals surface area contributed by atoms with Crippen LogP contribution in [-0.2, 0) is 20.9 Å². The number of carbonyl (C=O) groups excluding carboxylic acids is 3. The highest BCUT2D eigenvalue weighted by atomic mass is 16.2. The molecule has 1 saturated heterocycles. The van der Waals surface area contributed by atoms with Gasteiger partial charge in [0, 0.05) is 13.1 Å². The monoisotopic (exact) mass is 388 g/mol. The molecule has 7 heteroatoms. The Morgan fingerprint density at radius 1 is 1.25 bits per heavy atom. The molecule has 3 atom stereocenters. The zero-order chi connectivity index (χ0) is 20.8. The fraction of sp³-hybridized carbons (Fsp3) is 0.571. The first kappa shape index (κ1) is 21.9. The van der Waals surface area contributed by atoms with E-state index >= 15 is 0 Å². The Balaban J connectivity index is 2.03. The van der Waals surface area contributed by atoms with Gasteiger partial charge in [0.2, 0.25) is 17.7 Å². The number of hydrogen-bond acceptors (Lipinski definition) is 4. The minimum absolute atomic E-state index is 0.105. The van der Waals surface area contributed by atoms with Crippen molar-refractivity contribution in [3.8, 4) is 0 Å². The summed E-state index contributed by atoms with van der Waals surface area (Å²) in [6.45, 7) is 8.26. The summed E-state index contributed by atoms with van der Waals surface area (Å²) < 4.78 is 0. The highest BCUT2D eigenvalue weighted by Gasteiger charge is 2.38. The minimum Gasteiger partial charge on any atom is -0.350 e. The molecule has 1 fully saturated rings. The Morgan fingerprint density at radius 2 is 1.96 bits per heavy atom. The van der Waals surface area contributed by atoms with E-state index in [9.17, 15) is 14.4 Å². The number of aryl methyl sites for hydroxylation is 1. The number of hydrogen-bond donors (Lipinski definition) is 3. The van der Waals surface area contributed by atoms with Gasteiger partial charge in [0.15, 0.2) is 0 Å². The number of nitrogens with one attached hydrogen (secondary N) is 2. The lowest BCUT2D eigenvalue weighted by molar-refractivity contribution is -0.142. The molecule has 1 heterocycles. The van der Waals surface area contributed by atoms with Gasteiger partial charge in [-0.1, -0.05) is 43.7 Å². The molecule has 0 aromatic heterocycles. The van der Waals surface area contributed by atoms with Crippen molar-refractivity contribution in [3.05, 3.63) is 35.4 Å². The second-order valence-corrected chi connectivity index (χ2v) is 7.92. The lowest BCUT2D eigenvalue weighted by atomic mass is 10.0. The fourth-order valence-corrected chi connectivity index (χ4v) is 3.41. The number of benzene rings is 1. The van der Waals surface area contributed by atoms with Crippen molar-refractivity contribution in [2.75, 3.05) is 6.54 Å². The quantitative estimate of drug-likeness (QED) is 0.650. The van der Waals surface area contributed by atoms with Crippen LogP contribution in [0.15, 0.2) is 24.3 Å². The van der Waals surface area contributed by atoms with Gasteiger partial charge in [-0.2, -0.15) is 0 Å². The van der Waals surface area contributed by atoms with Crippen molar-refractivity contribution in [2.45, 2.75) is 65.2 Å². The number of carbonyl (C=O) groups is 3. The van der Waals surface area contributed by atoms with Crippen LogP contribution in [0.25, 0.3) is 0 Å². The van der Waals surface area contributed by atoms with E-state index in [1.54, 1.807) is 11.8 Å². The van der Waals surface area contributed by atoms with Crippen LogP contribution < -0.4 is 16.4 Å². The van der Waals surface area contributed by atoms with Gasteiger partial charge in [-0.25, -0.2) is 0 Å². The van der Waals surface area contributed by atoms with Crippen LogP contribution in [0.5, 0.6) is 0 Å². The molecule has 7 nitrogen and oxygen atoms in total. The number of nitrogens with two attached hydrogens (primary N) is 1. The molecule has 0 radical (unpaired) electrons. The molecule has 0 unspecified atom stereocenters. The van der Waals surface area contributed by atoms with Gasteiger partial charge in [0.25, 0.3) is 0 Å². The number of likely N-dealkylation sites (tertiary alicyclic amines) is 1. The first-order valence-electron chi connectivity index (χ1n) is 9.90. The maximum atomic E-state index is 13.1. The summed E-state index contributed by atoms with van der Waals surface area (Å²) in [7, 11) is 0. The van der Waals surface area contributed by atoms with E-state index in [1.807, 2.05) is 45.0 Å². The Labute approximate surface area is 167 Å². The van der Waals surface area contributed by atoms with Crippen molar-refractivity contribution >= 4 is 17.7 Å². The predicted molar refractivity (Wildman–Crippen MR) is 108 cm³/mol. The van der Waals surface area contributed by atoms with Gasteiger partial charge in [-0.15, -0.1) is 0 Å². The van der Waals surface area contributed by atoms with E-state index in [1.165, 1.54) is 0 Å². The van der Waals surface area contributed by atoms with Gasteiger partial charge in [-0.3, -0.25) is 14.4 Å². The number of nitrogens with zero attached hydrogens (tertiary/aromatic N) is 1. The molecule has 1 aliphatic heterocycles. The topological polar surface area (TPSA) is 105 Å². The smallest absolute Gasteiger partial charge is 0.246 e. The molecule has 0 bridgehead atoms. The van der Waals surface area contributed by atoms with Gasteiger partial charge >= 0.3 is 0 Å². The molecule has 4 N–H and O–H groups in total. The summed E-state index contributed by atoms with van der Waals surface area (Å²) in [4.78, 5) is 39.4. The van der Waals surface area contributed by atoms with Crippen molar-refractivity contribution in [2.24, 2.45) is 11.7 Å². The highest BCUT2D eigenvalue weighted by Crippen LogP contribution is 2.20. The minimum atomic E-state index is -0.693. The van der Waals surface area contributed by atoms with Crippen LogP contribution in [0.4, 0.5) is 0 Å². The summed E-state index contributed by atoms with van der Waals surface area (Å²) >= 11 is 0. The molecule has 0 aliphatic carbocycles. The summed E-state index contributed by atoms with van der Waals surface area (Å²) in [5.41, 5.74) is 7.77. The zero-order valence-corrected chi connectivity index (χ0v) is 17.2. The van der Waals surface area contributed by atoms with Crippen molar-refractivity contribution < 1.29 is 14.4 Å². The molecular formula is C21H32N4O3. The number of amides is 3. The average molecular weight is 389 g/mol. The summed E-state index contributed by atoms with van der Waals surface area (Å²) in [6, 6.07) is 6.05. The van der Waals surface area contributed by atoms with Crippen LogP contribution >= 0.6 is 0 Å². The highest BCUT2D eigenvalue weighted by molar-refractivity contribution is 5.93. The van der Waals surface area contributed by atoms with E-state index in [0.29, 0.717) is 19.5 Å². The van der Waals surface area contributed by atoms with Gasteiger partial charge in [0.1, 0.15) is 12.1 Å². The SMILES string of the molecule is Cc1cccc(CNC(=O)[C@@H]2CCCN2C(=O)[C@@H](NC(=O)[C@H](C)N)C(C)C)c1. The Hall–Kier alpha value is -2.41. The molecule has 28 heavy (non-hydrogen) atoms. The van der Waals surface area contributed by atoms with E-state index in [0.717, 1.165) is 17.5 Å². The normalized spacial score (nSPS) is 18.6. The molecule has 2 rings (SSSR count). The van der Waals surface area contributed by atoms with Crippen LogP contribution in [0.1, 0.15) is 44.7 Å². The Kier molecular flexibility index (Phi) is 7.57. The number of rotatable bonds is 7. The summed E-state index contributed by atoms with van der Waals surface area (Å²) in [5.74, 6) is -0.857. The second kappa shape index (κ2) is 9.68. The third kappa shape index (κ3) is 5.55. The standard InChI is InChI=1S/C21H32N4O3/c1-13(2)18(24-19(26)15(4)22)21(28)25-10-6-9-17(25)20(27)23-12-16-8-5-7-14(3)11-16/h5,7-8,11,13,15,17-18H,6,9-10,12,22H2,1-4H3,(H,23,27)(H,24,26)/t15-,17-,18-/m0/s1. The van der Waals surface area contributed by atoms with Gasteiger partial charge in [-0.05, 0) is 38.2 Å². The Morgan fingerprint density at radius 3 is 2.57 bits per heavy atom. The first-order valence-corrected chi connectivity index (χ1v) is 9.90. The van der Waals surface area contributed by atoms with Gasteiger partial charge < -0.3 is 21.3 Å². The zero-order valence-electron chi connectivity index (χ0n) is 17.2. The largest absolute Gasteiger partial charge is 0.350 e. The third-order valence-corrected chi connectivity index (χ3v) is 5.03. The van der Waals surface area contributed by atoms with E-state index in [4.69, 9.17) is 5.73 Å². The van der Waals surface area contributed by atoms with Crippen LogP contribution in [-0.4, -0.2) is 47.3 Å². The van der Waals surface area contributed by atoms with Crippen LogP contribution in [0, 0.1) is 12.8 Å². The predicted octanol–water partition coefficient (Wildman–Crippen LogP) is 1.09. The molecule has 0 saturated carbocycles. The van der Waals surface area contributed by atoms with Crippen LogP contribution in [0.3, 0.4) is 0 Å². The van der Waals surface area contributed by atoms with E-state index in [-0.39, 0.29) is 23.6 Å². The second-order valence-electron chi connectivity index (χ2n) is 7.92. The summed E-state index contributed by atoms with van der Waals surface area (Å²) in [5, 5.41) is 5.67. The van der Waals surface area contributed by atoms with E-state index in [2.05, 4.69) is 10.6 Å².